The van der Waals surface area contributed by atoms with E-state index in [-0.39, 0.29) is 12.5 Å². The third-order valence-electron chi connectivity index (χ3n) is 3.59. The Bertz CT molecular complexity index is 752. The van der Waals surface area contributed by atoms with Crippen molar-refractivity contribution in [3.8, 4) is 17.2 Å². The average Bonchev–Trinajstić information content (AvgIpc) is 2.61. The molecule has 1 N–H and O–H groups in total. The van der Waals surface area contributed by atoms with Gasteiger partial charge in [0.2, 0.25) is 0 Å². The maximum Gasteiger partial charge on any atom is 0.277 e. The van der Waals surface area contributed by atoms with Gasteiger partial charge in [0.1, 0.15) is 17.2 Å². The van der Waals surface area contributed by atoms with Gasteiger partial charge in [0.25, 0.3) is 5.91 Å². The number of aryl methyl sites for hydroxylation is 2. The lowest BCUT2D eigenvalue weighted by molar-refractivity contribution is -0.123. The SMILES string of the molecule is COc1ccc(/C=N/NC(=O)COc2c(C)cccc2C)c(OC)c1. The molecule has 132 valence electrons. The summed E-state index contributed by atoms with van der Waals surface area (Å²) in [4.78, 5) is 11.9. The third kappa shape index (κ3) is 4.97. The van der Waals surface area contributed by atoms with Crippen LogP contribution in [0, 0.1) is 13.8 Å². The van der Waals surface area contributed by atoms with Crippen LogP contribution in [0.4, 0.5) is 0 Å². The van der Waals surface area contributed by atoms with E-state index in [1.165, 1.54) is 6.21 Å². The number of ether oxygens (including phenoxy) is 3. The van der Waals surface area contributed by atoms with Gasteiger partial charge >= 0.3 is 0 Å². The van der Waals surface area contributed by atoms with E-state index in [0.717, 1.165) is 22.4 Å². The van der Waals surface area contributed by atoms with E-state index in [4.69, 9.17) is 14.2 Å². The summed E-state index contributed by atoms with van der Waals surface area (Å²) in [7, 11) is 3.14. The second kappa shape index (κ2) is 8.73. The molecule has 6 nitrogen and oxygen atoms in total. The highest BCUT2D eigenvalue weighted by atomic mass is 16.5. The molecule has 0 aliphatic heterocycles. The summed E-state index contributed by atoms with van der Waals surface area (Å²) < 4.78 is 16.0. The Morgan fingerprint density at radius 1 is 1.12 bits per heavy atom. The van der Waals surface area contributed by atoms with Gasteiger partial charge in [0, 0.05) is 11.6 Å². The third-order valence-corrected chi connectivity index (χ3v) is 3.59. The minimum Gasteiger partial charge on any atom is -0.497 e. The van der Waals surface area contributed by atoms with Crippen LogP contribution in [0.25, 0.3) is 0 Å². The van der Waals surface area contributed by atoms with Crippen LogP contribution in [0.2, 0.25) is 0 Å². The molecule has 0 unspecified atom stereocenters. The quantitative estimate of drug-likeness (QED) is 0.620. The van der Waals surface area contributed by atoms with E-state index in [9.17, 15) is 4.79 Å². The van der Waals surface area contributed by atoms with Crippen LogP contribution in [0.3, 0.4) is 0 Å². The lowest BCUT2D eigenvalue weighted by Gasteiger charge is -2.10. The highest BCUT2D eigenvalue weighted by molar-refractivity contribution is 5.85. The monoisotopic (exact) mass is 342 g/mol. The molecule has 2 rings (SSSR count). The van der Waals surface area contributed by atoms with E-state index < -0.39 is 0 Å². The largest absolute Gasteiger partial charge is 0.497 e. The molecule has 0 saturated heterocycles. The Labute approximate surface area is 147 Å². The normalized spacial score (nSPS) is 10.6. The number of hydrogen-bond donors (Lipinski definition) is 1. The summed E-state index contributed by atoms with van der Waals surface area (Å²) in [5.41, 5.74) is 5.13. The maximum absolute atomic E-state index is 11.9. The summed E-state index contributed by atoms with van der Waals surface area (Å²) in [5, 5.41) is 3.94. The number of benzene rings is 2. The Morgan fingerprint density at radius 3 is 2.48 bits per heavy atom. The predicted molar refractivity (Wildman–Crippen MR) is 96.7 cm³/mol. The molecule has 0 atom stereocenters. The van der Waals surface area contributed by atoms with Crippen molar-refractivity contribution in [2.24, 2.45) is 5.10 Å². The first-order chi connectivity index (χ1) is 12.0. The number of amides is 1. The zero-order chi connectivity index (χ0) is 18.2. The van der Waals surface area contributed by atoms with Crippen LogP contribution in [-0.2, 0) is 4.79 Å². The average molecular weight is 342 g/mol. The fourth-order valence-electron chi connectivity index (χ4n) is 2.30. The second-order valence-corrected chi connectivity index (χ2v) is 5.41. The molecule has 0 fully saturated rings. The lowest BCUT2D eigenvalue weighted by atomic mass is 10.1. The minimum absolute atomic E-state index is 0.108. The van der Waals surface area contributed by atoms with Crippen molar-refractivity contribution < 1.29 is 19.0 Å². The number of hydrazone groups is 1. The zero-order valence-corrected chi connectivity index (χ0v) is 14.8. The molecule has 2 aromatic rings. The topological polar surface area (TPSA) is 69.2 Å². The Hall–Kier alpha value is -3.02. The number of nitrogens with one attached hydrogen (secondary N) is 1. The van der Waals surface area contributed by atoms with Crippen LogP contribution >= 0.6 is 0 Å². The standard InChI is InChI=1S/C19H22N2O4/c1-13-6-5-7-14(2)19(13)25-12-18(22)21-20-11-15-8-9-16(23-3)10-17(15)24-4/h5-11H,12H2,1-4H3,(H,21,22)/b20-11+. The van der Waals surface area contributed by atoms with E-state index in [1.807, 2.05) is 32.0 Å². The van der Waals surface area contributed by atoms with Gasteiger partial charge in [-0.15, -0.1) is 0 Å². The van der Waals surface area contributed by atoms with Crippen molar-refractivity contribution in [3.05, 3.63) is 53.1 Å². The van der Waals surface area contributed by atoms with Crippen molar-refractivity contribution in [3.63, 3.8) is 0 Å². The zero-order valence-electron chi connectivity index (χ0n) is 14.8. The Balaban J connectivity index is 1.93. The first kappa shape index (κ1) is 18.3. The molecule has 0 radical (unpaired) electrons. The molecule has 0 spiro atoms. The molecule has 0 bridgehead atoms. The molecule has 25 heavy (non-hydrogen) atoms. The molecular weight excluding hydrogens is 320 g/mol. The van der Waals surface area contributed by atoms with Crippen LogP contribution in [-0.4, -0.2) is 32.9 Å². The van der Waals surface area contributed by atoms with Gasteiger partial charge in [-0.3, -0.25) is 4.79 Å². The number of nitrogens with zero attached hydrogens (tertiary/aromatic N) is 1. The van der Waals surface area contributed by atoms with Crippen LogP contribution in [0.15, 0.2) is 41.5 Å². The van der Waals surface area contributed by atoms with E-state index in [2.05, 4.69) is 10.5 Å². The molecule has 0 aliphatic carbocycles. The van der Waals surface area contributed by atoms with Gasteiger partial charge in [-0.2, -0.15) is 5.10 Å². The van der Waals surface area contributed by atoms with Gasteiger partial charge in [-0.05, 0) is 37.1 Å². The predicted octanol–water partition coefficient (Wildman–Crippen LogP) is 2.85. The smallest absolute Gasteiger partial charge is 0.277 e. The first-order valence-corrected chi connectivity index (χ1v) is 7.78. The number of para-hydroxylation sites is 1. The second-order valence-electron chi connectivity index (χ2n) is 5.41. The van der Waals surface area contributed by atoms with E-state index in [1.54, 1.807) is 32.4 Å². The molecule has 1 amide bonds. The van der Waals surface area contributed by atoms with Crippen LogP contribution in [0.5, 0.6) is 17.2 Å². The van der Waals surface area contributed by atoms with Gasteiger partial charge in [-0.1, -0.05) is 18.2 Å². The molecule has 0 saturated carbocycles. The number of rotatable bonds is 7. The van der Waals surface area contributed by atoms with Crippen molar-refractivity contribution in [2.45, 2.75) is 13.8 Å². The van der Waals surface area contributed by atoms with Crippen molar-refractivity contribution in [1.82, 2.24) is 5.43 Å². The summed E-state index contributed by atoms with van der Waals surface area (Å²) in [6, 6.07) is 11.1. The van der Waals surface area contributed by atoms with E-state index >= 15 is 0 Å². The number of methoxy groups -OCH3 is 2. The molecule has 6 heteroatoms. The molecule has 0 aliphatic rings. The number of carbonyl (C=O) groups excluding carboxylic acids is 1. The summed E-state index contributed by atoms with van der Waals surface area (Å²) in [5.74, 6) is 1.66. The summed E-state index contributed by atoms with van der Waals surface area (Å²) >= 11 is 0. The van der Waals surface area contributed by atoms with Crippen molar-refractivity contribution in [2.75, 3.05) is 20.8 Å². The van der Waals surface area contributed by atoms with Gasteiger partial charge < -0.3 is 14.2 Å². The van der Waals surface area contributed by atoms with Crippen molar-refractivity contribution >= 4 is 12.1 Å². The lowest BCUT2D eigenvalue weighted by Crippen LogP contribution is -2.25. The van der Waals surface area contributed by atoms with Gasteiger partial charge in [-0.25, -0.2) is 5.43 Å². The number of hydrogen-bond acceptors (Lipinski definition) is 5. The summed E-state index contributed by atoms with van der Waals surface area (Å²) in [6.07, 6.45) is 1.51. The fraction of sp³-hybridized carbons (Fsp3) is 0.263. The number of carbonyl (C=O) groups is 1. The van der Waals surface area contributed by atoms with Crippen LogP contribution in [0.1, 0.15) is 16.7 Å². The highest BCUT2D eigenvalue weighted by Crippen LogP contribution is 2.23. The van der Waals surface area contributed by atoms with Crippen LogP contribution < -0.4 is 19.6 Å². The van der Waals surface area contributed by atoms with Crippen molar-refractivity contribution in [1.29, 1.82) is 0 Å². The molecular formula is C19H22N2O4. The Kier molecular flexibility index (Phi) is 6.39. The summed E-state index contributed by atoms with van der Waals surface area (Å²) in [6.45, 7) is 3.77. The maximum atomic E-state index is 11.9. The highest BCUT2D eigenvalue weighted by Gasteiger charge is 2.07. The molecule has 0 aromatic heterocycles. The van der Waals surface area contributed by atoms with Gasteiger partial charge in [0.15, 0.2) is 6.61 Å². The fourth-order valence-corrected chi connectivity index (χ4v) is 2.30. The Morgan fingerprint density at radius 2 is 1.84 bits per heavy atom. The molecule has 2 aromatic carbocycles. The van der Waals surface area contributed by atoms with Gasteiger partial charge in [0.05, 0.1) is 20.4 Å². The molecule has 0 heterocycles. The first-order valence-electron chi connectivity index (χ1n) is 7.78. The minimum atomic E-state index is -0.341. The van der Waals surface area contributed by atoms with E-state index in [0.29, 0.717) is 11.5 Å².